The number of benzene rings is 3. The predicted octanol–water partition coefficient (Wildman–Crippen LogP) is 4.38. The van der Waals surface area contributed by atoms with Crippen LogP contribution in [0.5, 0.6) is 17.2 Å². The summed E-state index contributed by atoms with van der Waals surface area (Å²) >= 11 is 0. The first-order valence-corrected chi connectivity index (χ1v) is 12.4. The zero-order chi connectivity index (χ0) is 24.5. The van der Waals surface area contributed by atoms with Crippen LogP contribution < -0.4 is 14.2 Å². The molecular weight excluding hydrogens is 464 g/mol. The van der Waals surface area contributed by atoms with E-state index in [1.54, 1.807) is 55.4 Å². The average Bonchev–Trinajstić information content (AvgIpc) is 3.42. The molecule has 2 atom stereocenters. The molecule has 0 radical (unpaired) electrons. The first kappa shape index (κ1) is 22.9. The van der Waals surface area contributed by atoms with Gasteiger partial charge < -0.3 is 14.4 Å². The lowest BCUT2D eigenvalue weighted by atomic mass is 10.1. The molecular formula is C27H24N2O5S. The number of ether oxygens (including phenoxy) is 2. The van der Waals surface area contributed by atoms with Gasteiger partial charge in [0.15, 0.2) is 11.0 Å². The standard InChI is InChI=1S/C27H24N2O5S/c1-29(2)27(31)18-8-12-20(13-9-18)33-23-5-3-4-21-22(23)14-15-24(21)34-19-10-6-17(7-11-19)25-16-26(30)28-35(25)32/h3-13,16,24H,14-15H2,1-2H3,(H,28,30). The van der Waals surface area contributed by atoms with Gasteiger partial charge in [-0.15, -0.1) is 0 Å². The highest BCUT2D eigenvalue weighted by atomic mass is 32.2. The summed E-state index contributed by atoms with van der Waals surface area (Å²) < 4.78 is 26.8. The van der Waals surface area contributed by atoms with Gasteiger partial charge in [-0.2, -0.15) is 0 Å². The summed E-state index contributed by atoms with van der Waals surface area (Å²) in [5, 5.41) is 0. The minimum Gasteiger partial charge on any atom is -0.486 e. The minimum atomic E-state index is -1.52. The SMILES string of the molecule is CN(C)C(=O)c1ccc(Oc2cccc3c2CCC3Oc2ccc(C3=CC(=O)NS3=O)cc2)cc1. The van der Waals surface area contributed by atoms with Crippen LogP contribution in [0.1, 0.15) is 39.6 Å². The van der Waals surface area contributed by atoms with Crippen molar-refractivity contribution in [2.24, 2.45) is 0 Å². The molecule has 3 aromatic carbocycles. The van der Waals surface area contributed by atoms with E-state index in [2.05, 4.69) is 10.8 Å². The average molecular weight is 489 g/mol. The third kappa shape index (κ3) is 4.70. The number of carbonyl (C=O) groups is 2. The highest BCUT2D eigenvalue weighted by molar-refractivity contribution is 7.93. The van der Waals surface area contributed by atoms with E-state index in [9.17, 15) is 13.8 Å². The normalized spacial score (nSPS) is 18.5. The molecule has 7 nitrogen and oxygen atoms in total. The van der Waals surface area contributed by atoms with E-state index in [1.165, 1.54) is 6.08 Å². The number of rotatable bonds is 6. The number of nitrogens with one attached hydrogen (secondary N) is 1. The molecule has 35 heavy (non-hydrogen) atoms. The van der Waals surface area contributed by atoms with Crippen LogP contribution in [-0.2, 0) is 22.2 Å². The number of amides is 2. The fraction of sp³-hybridized carbons (Fsp3) is 0.185. The Morgan fingerprint density at radius 1 is 1.00 bits per heavy atom. The Kier molecular flexibility index (Phi) is 6.13. The molecule has 0 bridgehead atoms. The van der Waals surface area contributed by atoms with Crippen LogP contribution in [0, 0.1) is 0 Å². The van der Waals surface area contributed by atoms with Gasteiger partial charge in [-0.05, 0) is 66.4 Å². The van der Waals surface area contributed by atoms with Gasteiger partial charge in [0.1, 0.15) is 23.4 Å². The third-order valence-corrected chi connectivity index (χ3v) is 7.12. The summed E-state index contributed by atoms with van der Waals surface area (Å²) in [6.07, 6.45) is 2.89. The van der Waals surface area contributed by atoms with E-state index in [0.29, 0.717) is 22.0 Å². The molecule has 0 aromatic heterocycles. The highest BCUT2D eigenvalue weighted by Crippen LogP contribution is 2.41. The summed E-state index contributed by atoms with van der Waals surface area (Å²) in [5.74, 6) is 1.74. The lowest BCUT2D eigenvalue weighted by Crippen LogP contribution is -2.21. The number of fused-ring (bicyclic) bond motifs is 1. The van der Waals surface area contributed by atoms with Crippen molar-refractivity contribution in [1.29, 1.82) is 0 Å². The molecule has 3 aromatic rings. The van der Waals surface area contributed by atoms with Crippen molar-refractivity contribution in [1.82, 2.24) is 9.62 Å². The van der Waals surface area contributed by atoms with Gasteiger partial charge in [0.2, 0.25) is 0 Å². The van der Waals surface area contributed by atoms with E-state index < -0.39 is 11.0 Å². The first-order chi connectivity index (χ1) is 16.9. The monoisotopic (exact) mass is 488 g/mol. The molecule has 2 aliphatic rings. The lowest BCUT2D eigenvalue weighted by molar-refractivity contribution is -0.114. The molecule has 178 valence electrons. The second kappa shape index (κ2) is 9.38. The summed E-state index contributed by atoms with van der Waals surface area (Å²) in [7, 11) is 1.93. The molecule has 1 aliphatic carbocycles. The van der Waals surface area contributed by atoms with Gasteiger partial charge in [-0.25, -0.2) is 4.21 Å². The zero-order valence-corrected chi connectivity index (χ0v) is 20.1. The Balaban J connectivity index is 1.29. The number of hydrogen-bond donors (Lipinski definition) is 1. The Morgan fingerprint density at radius 2 is 1.71 bits per heavy atom. The molecule has 5 rings (SSSR count). The number of hydrogen-bond acceptors (Lipinski definition) is 5. The summed E-state index contributed by atoms with van der Waals surface area (Å²) in [4.78, 5) is 25.5. The summed E-state index contributed by atoms with van der Waals surface area (Å²) in [5.41, 5.74) is 3.52. The van der Waals surface area contributed by atoms with Crippen molar-refractivity contribution in [3.8, 4) is 17.2 Å². The van der Waals surface area contributed by atoms with Crippen LogP contribution in [0.2, 0.25) is 0 Å². The van der Waals surface area contributed by atoms with Gasteiger partial charge in [0.05, 0.1) is 4.91 Å². The fourth-order valence-electron chi connectivity index (χ4n) is 4.25. The van der Waals surface area contributed by atoms with Crippen molar-refractivity contribution in [2.75, 3.05) is 14.1 Å². The quantitative estimate of drug-likeness (QED) is 0.557. The van der Waals surface area contributed by atoms with E-state index in [0.717, 1.165) is 35.3 Å². The Morgan fingerprint density at radius 3 is 2.37 bits per heavy atom. The highest BCUT2D eigenvalue weighted by Gasteiger charge is 2.27. The van der Waals surface area contributed by atoms with Crippen LogP contribution in [0.4, 0.5) is 0 Å². The maximum atomic E-state index is 12.1. The van der Waals surface area contributed by atoms with Crippen molar-refractivity contribution >= 4 is 27.7 Å². The van der Waals surface area contributed by atoms with Gasteiger partial charge in [0, 0.05) is 31.3 Å². The van der Waals surface area contributed by atoms with Crippen LogP contribution >= 0.6 is 0 Å². The van der Waals surface area contributed by atoms with Gasteiger partial charge >= 0.3 is 0 Å². The van der Waals surface area contributed by atoms with Gasteiger partial charge in [-0.1, -0.05) is 24.3 Å². The smallest absolute Gasteiger partial charge is 0.257 e. The maximum Gasteiger partial charge on any atom is 0.257 e. The van der Waals surface area contributed by atoms with Gasteiger partial charge in [0.25, 0.3) is 11.8 Å². The first-order valence-electron chi connectivity index (χ1n) is 11.2. The van der Waals surface area contributed by atoms with E-state index >= 15 is 0 Å². The maximum absolute atomic E-state index is 12.1. The van der Waals surface area contributed by atoms with Crippen LogP contribution in [-0.4, -0.2) is 35.0 Å². The van der Waals surface area contributed by atoms with E-state index in [4.69, 9.17) is 9.47 Å². The molecule has 1 aliphatic heterocycles. The lowest BCUT2D eigenvalue weighted by Gasteiger charge is -2.16. The Labute approximate surface area is 205 Å². The van der Waals surface area contributed by atoms with Crippen LogP contribution in [0.25, 0.3) is 4.91 Å². The number of carbonyl (C=O) groups excluding carboxylic acids is 2. The van der Waals surface area contributed by atoms with Crippen molar-refractivity contribution < 1.29 is 23.3 Å². The Bertz CT molecular complexity index is 1350. The molecule has 0 saturated heterocycles. The molecule has 0 spiro atoms. The third-order valence-electron chi connectivity index (χ3n) is 5.98. The topological polar surface area (TPSA) is 84.9 Å². The predicted molar refractivity (Wildman–Crippen MR) is 133 cm³/mol. The molecule has 0 saturated carbocycles. The van der Waals surface area contributed by atoms with Crippen LogP contribution in [0.3, 0.4) is 0 Å². The molecule has 1 N–H and O–H groups in total. The minimum absolute atomic E-state index is 0.0523. The molecule has 1 heterocycles. The summed E-state index contributed by atoms with van der Waals surface area (Å²) in [6, 6.07) is 20.3. The number of nitrogens with zero attached hydrogens (tertiary/aromatic N) is 1. The Hall–Kier alpha value is -3.91. The van der Waals surface area contributed by atoms with Gasteiger partial charge in [-0.3, -0.25) is 14.3 Å². The van der Waals surface area contributed by atoms with Crippen molar-refractivity contribution in [3.05, 3.63) is 95.1 Å². The molecule has 2 unspecified atom stereocenters. The second-order valence-corrected chi connectivity index (χ2v) is 9.74. The molecule has 2 amide bonds. The second-order valence-electron chi connectivity index (χ2n) is 8.56. The van der Waals surface area contributed by atoms with E-state index in [-0.39, 0.29) is 17.9 Å². The molecule has 8 heteroatoms. The van der Waals surface area contributed by atoms with Crippen LogP contribution in [0.15, 0.2) is 72.8 Å². The fourth-order valence-corrected chi connectivity index (χ4v) is 5.17. The summed E-state index contributed by atoms with van der Waals surface area (Å²) in [6.45, 7) is 0. The van der Waals surface area contributed by atoms with Crippen molar-refractivity contribution in [3.63, 3.8) is 0 Å². The largest absolute Gasteiger partial charge is 0.486 e. The van der Waals surface area contributed by atoms with E-state index in [1.807, 2.05) is 24.3 Å². The van der Waals surface area contributed by atoms with Crippen molar-refractivity contribution in [2.45, 2.75) is 18.9 Å². The zero-order valence-electron chi connectivity index (χ0n) is 19.3. The molecule has 0 fully saturated rings.